The second-order valence-electron chi connectivity index (χ2n) is 6.56. The van der Waals surface area contributed by atoms with Gasteiger partial charge in [-0.05, 0) is 30.6 Å². The van der Waals surface area contributed by atoms with Gasteiger partial charge in [0, 0.05) is 24.3 Å². The number of thioether (sulfide) groups is 1. The highest BCUT2D eigenvalue weighted by molar-refractivity contribution is 7.99. The monoisotopic (exact) mass is 320 g/mol. The third-order valence-corrected chi connectivity index (χ3v) is 6.18. The molecule has 1 heterocycles. The first-order valence-corrected chi connectivity index (χ1v) is 9.15. The molecule has 120 valence electrons. The summed E-state index contributed by atoms with van der Waals surface area (Å²) in [4.78, 5) is 12.0. The Hall–Kier alpha value is -1.20. The van der Waals surface area contributed by atoms with Gasteiger partial charge >= 0.3 is 6.03 Å². The molecule has 1 saturated heterocycles. The smallest absolute Gasteiger partial charge is 0.314 e. The molecule has 1 aromatic carbocycles. The zero-order valence-corrected chi connectivity index (χ0v) is 13.6. The summed E-state index contributed by atoms with van der Waals surface area (Å²) in [6.45, 7) is 1.00. The van der Waals surface area contributed by atoms with Crippen LogP contribution in [0.4, 0.5) is 4.79 Å². The molecule has 1 aromatic rings. The number of hydrogen-bond donors (Lipinski definition) is 3. The molecule has 22 heavy (non-hydrogen) atoms. The molecule has 4 nitrogen and oxygen atoms in total. The lowest BCUT2D eigenvalue weighted by atomic mass is 9.64. The molecule has 1 atom stereocenters. The molecule has 2 amide bonds. The van der Waals surface area contributed by atoms with Gasteiger partial charge in [0.05, 0.1) is 5.60 Å². The number of hydrogen-bond acceptors (Lipinski definition) is 3. The lowest BCUT2D eigenvalue weighted by Gasteiger charge is -2.42. The van der Waals surface area contributed by atoms with E-state index >= 15 is 0 Å². The van der Waals surface area contributed by atoms with Gasteiger partial charge in [0.25, 0.3) is 0 Å². The Morgan fingerprint density at radius 1 is 1.14 bits per heavy atom. The lowest BCUT2D eigenvalue weighted by Crippen LogP contribution is -2.51. The maximum atomic E-state index is 12.0. The molecule has 2 fully saturated rings. The minimum Gasteiger partial charge on any atom is -0.387 e. The summed E-state index contributed by atoms with van der Waals surface area (Å²) in [6, 6.07) is 10.3. The maximum absolute atomic E-state index is 12.0. The lowest BCUT2D eigenvalue weighted by molar-refractivity contribution is 0.0698. The van der Waals surface area contributed by atoms with Gasteiger partial charge in [-0.2, -0.15) is 11.8 Å². The van der Waals surface area contributed by atoms with Crippen molar-refractivity contribution < 1.29 is 9.90 Å². The van der Waals surface area contributed by atoms with Crippen LogP contribution in [0.5, 0.6) is 0 Å². The van der Waals surface area contributed by atoms with Gasteiger partial charge in [-0.1, -0.05) is 36.8 Å². The third-order valence-electron chi connectivity index (χ3n) is 4.94. The number of benzene rings is 1. The first kappa shape index (κ1) is 15.7. The second kappa shape index (κ2) is 6.50. The minimum atomic E-state index is -0.727. The normalized spacial score (nSPS) is 26.2. The first-order chi connectivity index (χ1) is 10.6. The fourth-order valence-corrected chi connectivity index (χ4v) is 4.55. The Balaban J connectivity index is 1.50. The van der Waals surface area contributed by atoms with Crippen molar-refractivity contribution in [2.24, 2.45) is 0 Å². The predicted octanol–water partition coefficient (Wildman–Crippen LogP) is 2.28. The van der Waals surface area contributed by atoms with Crippen LogP contribution in [-0.2, 0) is 5.41 Å². The van der Waals surface area contributed by atoms with E-state index in [9.17, 15) is 9.90 Å². The van der Waals surface area contributed by atoms with Crippen molar-refractivity contribution in [1.29, 1.82) is 0 Å². The average Bonchev–Trinajstić information content (AvgIpc) is 2.93. The Kier molecular flexibility index (Phi) is 4.64. The molecular weight excluding hydrogens is 296 g/mol. The van der Waals surface area contributed by atoms with E-state index in [-0.39, 0.29) is 11.4 Å². The van der Waals surface area contributed by atoms with Crippen molar-refractivity contribution in [3.05, 3.63) is 35.9 Å². The second-order valence-corrected chi connectivity index (χ2v) is 7.67. The van der Waals surface area contributed by atoms with Crippen LogP contribution in [0.25, 0.3) is 0 Å². The summed E-state index contributed by atoms with van der Waals surface area (Å²) in [6.07, 6.45) is 4.22. The van der Waals surface area contributed by atoms with E-state index in [1.54, 1.807) is 11.8 Å². The van der Waals surface area contributed by atoms with Crippen molar-refractivity contribution in [3.63, 3.8) is 0 Å². The molecule has 2 aliphatic rings. The molecule has 3 N–H and O–H groups in total. The van der Waals surface area contributed by atoms with Gasteiger partial charge in [0.15, 0.2) is 0 Å². The van der Waals surface area contributed by atoms with Crippen molar-refractivity contribution in [1.82, 2.24) is 10.6 Å². The van der Waals surface area contributed by atoms with Crippen LogP contribution in [0.1, 0.15) is 31.2 Å². The molecule has 1 aliphatic heterocycles. The summed E-state index contributed by atoms with van der Waals surface area (Å²) < 4.78 is 0. The van der Waals surface area contributed by atoms with E-state index < -0.39 is 5.60 Å². The molecule has 0 bridgehead atoms. The van der Waals surface area contributed by atoms with Crippen LogP contribution in [0.3, 0.4) is 0 Å². The van der Waals surface area contributed by atoms with E-state index in [2.05, 4.69) is 34.9 Å². The summed E-state index contributed by atoms with van der Waals surface area (Å²) in [5.41, 5.74) is 0.682. The van der Waals surface area contributed by atoms with Crippen molar-refractivity contribution in [2.45, 2.75) is 36.7 Å². The van der Waals surface area contributed by atoms with Crippen LogP contribution in [0, 0.1) is 0 Å². The highest BCUT2D eigenvalue weighted by atomic mass is 32.2. The summed E-state index contributed by atoms with van der Waals surface area (Å²) in [7, 11) is 0. The largest absolute Gasteiger partial charge is 0.387 e. The zero-order chi connectivity index (χ0) is 15.5. The molecule has 1 saturated carbocycles. The molecular formula is C17H24N2O2S. The number of amides is 2. The number of rotatable bonds is 5. The fraction of sp³-hybridized carbons (Fsp3) is 0.588. The number of carbonyl (C=O) groups excluding carboxylic acids is 1. The highest BCUT2D eigenvalue weighted by Crippen LogP contribution is 2.43. The SMILES string of the molecule is O=C(NCC1(O)CCSC1)NCC1(c2ccccc2)CCC1. The standard InChI is InChI=1S/C17H24N2O2S/c20-15(19-12-17(21)9-10-22-13-17)18-11-16(7-4-8-16)14-5-2-1-3-6-14/h1-3,5-6,21H,4,7-13H2,(H2,18,19,20). The Bertz CT molecular complexity index is 511. The third kappa shape index (κ3) is 3.41. The maximum Gasteiger partial charge on any atom is 0.314 e. The molecule has 0 radical (unpaired) electrons. The average molecular weight is 320 g/mol. The van der Waals surface area contributed by atoms with Crippen molar-refractivity contribution in [2.75, 3.05) is 24.6 Å². The number of aliphatic hydroxyl groups is 1. The van der Waals surface area contributed by atoms with Gasteiger partial charge in [0.2, 0.25) is 0 Å². The van der Waals surface area contributed by atoms with E-state index in [0.717, 1.165) is 25.0 Å². The van der Waals surface area contributed by atoms with E-state index in [1.807, 2.05) is 6.07 Å². The van der Waals surface area contributed by atoms with E-state index in [4.69, 9.17) is 0 Å². The quantitative estimate of drug-likeness (QED) is 0.780. The summed E-state index contributed by atoms with van der Waals surface area (Å²) in [5, 5.41) is 16.1. The van der Waals surface area contributed by atoms with Crippen molar-refractivity contribution >= 4 is 17.8 Å². The highest BCUT2D eigenvalue weighted by Gasteiger charge is 2.39. The van der Waals surface area contributed by atoms with E-state index in [0.29, 0.717) is 18.8 Å². The van der Waals surface area contributed by atoms with E-state index in [1.165, 1.54) is 12.0 Å². The van der Waals surface area contributed by atoms with Gasteiger partial charge in [-0.3, -0.25) is 0 Å². The van der Waals surface area contributed by atoms with Crippen LogP contribution in [-0.4, -0.2) is 41.3 Å². The van der Waals surface area contributed by atoms with Gasteiger partial charge in [-0.15, -0.1) is 0 Å². The zero-order valence-electron chi connectivity index (χ0n) is 12.8. The molecule has 0 spiro atoms. The van der Waals surface area contributed by atoms with Crippen LogP contribution < -0.4 is 10.6 Å². The van der Waals surface area contributed by atoms with Crippen LogP contribution in [0.2, 0.25) is 0 Å². The number of carbonyl (C=O) groups is 1. The first-order valence-electron chi connectivity index (χ1n) is 7.99. The summed E-state index contributed by atoms with van der Waals surface area (Å²) >= 11 is 1.74. The molecule has 3 rings (SSSR count). The van der Waals surface area contributed by atoms with Crippen LogP contribution in [0.15, 0.2) is 30.3 Å². The minimum absolute atomic E-state index is 0.0959. The van der Waals surface area contributed by atoms with Crippen molar-refractivity contribution in [3.8, 4) is 0 Å². The number of urea groups is 1. The fourth-order valence-electron chi connectivity index (χ4n) is 3.26. The van der Waals surface area contributed by atoms with Gasteiger partial charge in [-0.25, -0.2) is 4.79 Å². The topological polar surface area (TPSA) is 61.4 Å². The van der Waals surface area contributed by atoms with Gasteiger partial charge in [0.1, 0.15) is 0 Å². The predicted molar refractivity (Wildman–Crippen MR) is 90.3 cm³/mol. The molecule has 5 heteroatoms. The molecule has 1 unspecified atom stereocenters. The molecule has 0 aromatic heterocycles. The molecule has 1 aliphatic carbocycles. The Labute approximate surface area is 136 Å². The Morgan fingerprint density at radius 3 is 2.45 bits per heavy atom. The van der Waals surface area contributed by atoms with Gasteiger partial charge < -0.3 is 15.7 Å². The summed E-state index contributed by atoms with van der Waals surface area (Å²) in [5.74, 6) is 1.68. The Morgan fingerprint density at radius 2 is 1.86 bits per heavy atom. The number of nitrogens with one attached hydrogen (secondary N) is 2. The van der Waals surface area contributed by atoms with Crippen LogP contribution >= 0.6 is 11.8 Å².